The normalized spacial score (nSPS) is 14.7. The number of nitrogens with zero attached hydrogens (tertiary/aromatic N) is 2. The third kappa shape index (κ3) is 5.75. The molecule has 1 fully saturated rings. The number of amides is 1. The van der Waals surface area contributed by atoms with Crippen LogP contribution < -0.4 is 5.32 Å². The van der Waals surface area contributed by atoms with E-state index in [4.69, 9.17) is 0 Å². The Labute approximate surface area is 233 Å². The van der Waals surface area contributed by atoms with Crippen molar-refractivity contribution in [2.75, 3.05) is 12.4 Å². The molecule has 3 aromatic carbocycles. The van der Waals surface area contributed by atoms with E-state index in [1.807, 2.05) is 0 Å². The number of sulfone groups is 1. The zero-order valence-electron chi connectivity index (χ0n) is 21.9. The van der Waals surface area contributed by atoms with Gasteiger partial charge in [0.25, 0.3) is 5.91 Å². The van der Waals surface area contributed by atoms with Crippen LogP contribution in [0.5, 0.6) is 0 Å². The number of aromatic nitrogens is 2. The highest BCUT2D eigenvalue weighted by Crippen LogP contribution is 2.39. The first kappa shape index (κ1) is 28.5. The van der Waals surface area contributed by atoms with Crippen molar-refractivity contribution < 1.29 is 36.3 Å². The van der Waals surface area contributed by atoms with Crippen LogP contribution in [0.3, 0.4) is 0 Å². The van der Waals surface area contributed by atoms with E-state index in [1.54, 1.807) is 16.7 Å². The van der Waals surface area contributed by atoms with Crippen molar-refractivity contribution >= 4 is 32.6 Å². The maximum Gasteiger partial charge on any atom is 0.416 e. The van der Waals surface area contributed by atoms with E-state index >= 15 is 0 Å². The Balaban J connectivity index is 1.41. The lowest BCUT2D eigenvalue weighted by molar-refractivity contribution is -0.137. The van der Waals surface area contributed by atoms with Gasteiger partial charge < -0.3 is 15.0 Å². The molecule has 0 radical (unpaired) electrons. The molecular weight excluding hydrogens is 559 g/mol. The first-order chi connectivity index (χ1) is 19.4. The van der Waals surface area contributed by atoms with Crippen LogP contribution in [0.4, 0.5) is 13.2 Å². The molecule has 1 saturated carbocycles. The van der Waals surface area contributed by atoms with Crippen LogP contribution >= 0.6 is 0 Å². The number of carbonyl (C=O) groups excluding carboxylic acids is 2. The minimum Gasteiger partial charge on any atom is -0.394 e. The van der Waals surface area contributed by atoms with Gasteiger partial charge in [0.15, 0.2) is 15.7 Å². The minimum atomic E-state index is -4.52. The Hall–Kier alpha value is -4.03. The van der Waals surface area contributed by atoms with E-state index < -0.39 is 45.9 Å². The molecule has 4 aromatic rings. The van der Waals surface area contributed by atoms with Gasteiger partial charge in [0.1, 0.15) is 0 Å². The lowest BCUT2D eigenvalue weighted by Crippen LogP contribution is -2.30. The Morgan fingerprint density at radius 2 is 1.66 bits per heavy atom. The number of imidazole rings is 1. The van der Waals surface area contributed by atoms with Crippen LogP contribution in [0.1, 0.15) is 69.5 Å². The Morgan fingerprint density at radius 3 is 2.22 bits per heavy atom. The third-order valence-corrected chi connectivity index (χ3v) is 8.80. The summed E-state index contributed by atoms with van der Waals surface area (Å²) in [5.41, 5.74) is 0.926. The topological polar surface area (TPSA) is 118 Å². The fourth-order valence-electron chi connectivity index (χ4n) is 4.59. The highest BCUT2D eigenvalue weighted by molar-refractivity contribution is 7.91. The second kappa shape index (κ2) is 10.7. The number of alkyl halides is 3. The molecule has 1 aliphatic rings. The van der Waals surface area contributed by atoms with Gasteiger partial charge >= 0.3 is 6.18 Å². The highest BCUT2D eigenvalue weighted by Gasteiger charge is 2.33. The summed E-state index contributed by atoms with van der Waals surface area (Å²) in [6.07, 6.45) is -2.89. The molecule has 1 aromatic heterocycles. The van der Waals surface area contributed by atoms with Crippen molar-refractivity contribution in [2.45, 2.75) is 42.9 Å². The second-order valence-corrected chi connectivity index (χ2v) is 12.1. The molecule has 1 atom stereocenters. The second-order valence-electron chi connectivity index (χ2n) is 9.83. The molecule has 41 heavy (non-hydrogen) atoms. The monoisotopic (exact) mass is 585 g/mol. The molecule has 12 heteroatoms. The van der Waals surface area contributed by atoms with Gasteiger partial charge in [-0.15, -0.1) is 0 Å². The van der Waals surface area contributed by atoms with Crippen LogP contribution in [-0.4, -0.2) is 47.1 Å². The molecule has 0 aliphatic heterocycles. The predicted molar refractivity (Wildman–Crippen MR) is 144 cm³/mol. The van der Waals surface area contributed by atoms with Gasteiger partial charge in [-0.25, -0.2) is 13.4 Å². The maximum absolute atomic E-state index is 13.3. The van der Waals surface area contributed by atoms with E-state index in [0.29, 0.717) is 16.6 Å². The van der Waals surface area contributed by atoms with Crippen molar-refractivity contribution in [2.24, 2.45) is 0 Å². The Morgan fingerprint density at radius 1 is 1.02 bits per heavy atom. The summed E-state index contributed by atoms with van der Waals surface area (Å²) in [6.45, 7) is 1.11. The van der Waals surface area contributed by atoms with Gasteiger partial charge in [0.05, 0.1) is 39.9 Å². The lowest BCUT2D eigenvalue weighted by Gasteiger charge is -2.17. The first-order valence-corrected chi connectivity index (χ1v) is 14.6. The summed E-state index contributed by atoms with van der Waals surface area (Å²) in [4.78, 5) is 31.0. The zero-order chi connectivity index (χ0) is 29.5. The van der Waals surface area contributed by atoms with E-state index in [9.17, 15) is 36.3 Å². The number of hydrogen-bond acceptors (Lipinski definition) is 6. The number of halogens is 3. The highest BCUT2D eigenvalue weighted by atomic mass is 32.2. The molecule has 0 saturated heterocycles. The number of ketones is 1. The van der Waals surface area contributed by atoms with E-state index in [0.717, 1.165) is 37.1 Å². The molecule has 0 spiro atoms. The van der Waals surface area contributed by atoms with Gasteiger partial charge in [0.2, 0.25) is 5.78 Å². The smallest absolute Gasteiger partial charge is 0.394 e. The molecule has 1 amide bonds. The number of nitrogens with one attached hydrogen (secondary N) is 1. The van der Waals surface area contributed by atoms with Crippen LogP contribution in [0, 0.1) is 0 Å². The van der Waals surface area contributed by atoms with Gasteiger partial charge in [-0.05, 0) is 60.9 Å². The number of aliphatic hydroxyl groups excluding tert-OH is 1. The van der Waals surface area contributed by atoms with Crippen molar-refractivity contribution in [1.82, 2.24) is 14.9 Å². The molecule has 214 valence electrons. The molecule has 2 N–H and O–H groups in total. The van der Waals surface area contributed by atoms with Crippen LogP contribution in [-0.2, 0) is 16.0 Å². The fraction of sp³-hybridized carbons (Fsp3) is 0.276. The average molecular weight is 586 g/mol. The summed E-state index contributed by atoms with van der Waals surface area (Å²) in [7, 11) is -3.40. The maximum atomic E-state index is 13.3. The largest absolute Gasteiger partial charge is 0.416 e. The summed E-state index contributed by atoms with van der Waals surface area (Å²) >= 11 is 0. The average Bonchev–Trinajstić information content (AvgIpc) is 3.74. The number of hydrogen-bond donors (Lipinski definition) is 2. The minimum absolute atomic E-state index is 0.0198. The molecular formula is C29H26F3N3O5S. The molecule has 1 aliphatic carbocycles. The van der Waals surface area contributed by atoms with Crippen molar-refractivity contribution in [3.8, 4) is 0 Å². The predicted octanol–water partition coefficient (Wildman–Crippen LogP) is 4.88. The fourth-order valence-corrected chi connectivity index (χ4v) is 5.48. The zero-order valence-corrected chi connectivity index (χ0v) is 22.7. The number of rotatable bonds is 9. The first-order valence-electron chi connectivity index (χ1n) is 12.9. The summed E-state index contributed by atoms with van der Waals surface area (Å²) in [5, 5.41) is 12.6. The van der Waals surface area contributed by atoms with E-state index in [2.05, 4.69) is 10.3 Å². The van der Waals surface area contributed by atoms with Crippen LogP contribution in [0.15, 0.2) is 71.6 Å². The summed E-state index contributed by atoms with van der Waals surface area (Å²) in [5.74, 6) is -1.02. The van der Waals surface area contributed by atoms with E-state index in [1.165, 1.54) is 37.3 Å². The van der Waals surface area contributed by atoms with Crippen molar-refractivity contribution in [3.05, 3.63) is 94.8 Å². The quantitative estimate of drug-likeness (QED) is 0.271. The van der Waals surface area contributed by atoms with Gasteiger partial charge in [-0.1, -0.05) is 31.2 Å². The number of aliphatic hydroxyl groups is 1. The van der Waals surface area contributed by atoms with Crippen LogP contribution in [0.25, 0.3) is 11.0 Å². The Kier molecular flexibility index (Phi) is 7.47. The van der Waals surface area contributed by atoms with Gasteiger partial charge in [-0.2, -0.15) is 13.2 Å². The number of benzene rings is 3. The summed E-state index contributed by atoms with van der Waals surface area (Å²) < 4.78 is 64.8. The molecule has 0 unspecified atom stereocenters. The van der Waals surface area contributed by atoms with E-state index in [-0.39, 0.29) is 33.6 Å². The Bertz CT molecular complexity index is 1730. The molecule has 8 nitrogen and oxygen atoms in total. The third-order valence-electron chi connectivity index (χ3n) is 7.05. The number of fused-ring (bicyclic) bond motifs is 1. The van der Waals surface area contributed by atoms with Gasteiger partial charge in [0, 0.05) is 17.2 Å². The van der Waals surface area contributed by atoms with Crippen LogP contribution in [0.2, 0.25) is 0 Å². The van der Waals surface area contributed by atoms with Crippen molar-refractivity contribution in [1.29, 1.82) is 0 Å². The molecule has 1 heterocycles. The SMILES string of the molecule is CCS(=O)(=O)c1ccc([C@H](CO)NC(=O)c2ccc3c(c2)nc(C(=O)c2ccc(C(F)(F)F)cc2)n3C2CC2)cc1. The van der Waals surface area contributed by atoms with Crippen molar-refractivity contribution in [3.63, 3.8) is 0 Å². The molecule has 5 rings (SSSR count). The van der Waals surface area contributed by atoms with Gasteiger partial charge in [-0.3, -0.25) is 9.59 Å². The molecule has 0 bridgehead atoms. The standard InChI is InChI=1S/C29H26F3N3O5S/c1-2-41(39,40)22-12-5-17(6-13-22)24(16-36)34-28(38)19-7-14-25-23(15-19)33-27(35(25)21-10-11-21)26(37)18-3-8-20(9-4-18)29(30,31)32/h3-9,12-15,21,24,36H,2,10-11,16H2,1H3,(H,34,38)/t24-/m0/s1. The number of carbonyl (C=O) groups is 2. The lowest BCUT2D eigenvalue weighted by atomic mass is 10.1. The summed E-state index contributed by atoms with van der Waals surface area (Å²) in [6, 6.07) is 13.8.